The number of anilines is 1. The molecule has 3 aliphatic rings. The molecule has 3 fully saturated rings. The molecule has 3 amide bonds. The van der Waals surface area contributed by atoms with Crippen molar-refractivity contribution in [2.45, 2.75) is 32.2 Å². The average Bonchev–Trinajstić information content (AvgIpc) is 3.40. The summed E-state index contributed by atoms with van der Waals surface area (Å²) in [5.74, 6) is -1.20. The minimum absolute atomic E-state index is 0.255. The first-order chi connectivity index (χ1) is 13.9. The molecule has 1 heterocycles. The molecule has 0 radical (unpaired) electrons. The molecule has 1 aromatic rings. The quantitative estimate of drug-likeness (QED) is 0.575. The van der Waals surface area contributed by atoms with Gasteiger partial charge in [-0.05, 0) is 62.3 Å². The maximum absolute atomic E-state index is 12.8. The maximum Gasteiger partial charge on any atom is 0.329 e. The number of nitrogens with one attached hydrogen (secondary N) is 1. The fourth-order valence-electron chi connectivity index (χ4n) is 5.05. The van der Waals surface area contributed by atoms with Gasteiger partial charge in [-0.3, -0.25) is 19.3 Å². The summed E-state index contributed by atoms with van der Waals surface area (Å²) in [4.78, 5) is 51.0. The van der Waals surface area contributed by atoms with Gasteiger partial charge in [0, 0.05) is 5.69 Å². The number of amides is 3. The lowest BCUT2D eigenvalue weighted by Gasteiger charge is -2.23. The Morgan fingerprint density at radius 2 is 1.69 bits per heavy atom. The molecule has 1 saturated heterocycles. The summed E-state index contributed by atoms with van der Waals surface area (Å²) >= 11 is 0. The minimum atomic E-state index is -1.03. The second kappa shape index (κ2) is 7.50. The second-order valence-corrected chi connectivity index (χ2v) is 7.99. The Labute approximate surface area is 168 Å². The first-order valence-corrected chi connectivity index (χ1v) is 9.88. The van der Waals surface area contributed by atoms with E-state index in [4.69, 9.17) is 9.47 Å². The first kappa shape index (κ1) is 19.4. The molecule has 1 N–H and O–H groups in total. The van der Waals surface area contributed by atoms with Crippen LogP contribution in [0.4, 0.5) is 5.69 Å². The molecule has 0 aromatic heterocycles. The predicted molar refractivity (Wildman–Crippen MR) is 102 cm³/mol. The van der Waals surface area contributed by atoms with Crippen molar-refractivity contribution in [3.05, 3.63) is 24.3 Å². The highest BCUT2D eigenvalue weighted by molar-refractivity contribution is 6.08. The van der Waals surface area contributed by atoms with Crippen LogP contribution in [-0.2, 0) is 23.9 Å². The van der Waals surface area contributed by atoms with Crippen LogP contribution in [0.25, 0.3) is 0 Å². The smallest absolute Gasteiger partial charge is 0.329 e. The lowest BCUT2D eigenvalue weighted by atomic mass is 9.81. The van der Waals surface area contributed by atoms with Crippen LogP contribution in [0.15, 0.2) is 24.3 Å². The van der Waals surface area contributed by atoms with Crippen molar-refractivity contribution in [3.8, 4) is 5.75 Å². The number of hydrogen-bond acceptors (Lipinski definition) is 6. The Bertz CT molecular complexity index is 823. The van der Waals surface area contributed by atoms with Crippen LogP contribution in [0.2, 0.25) is 0 Å². The summed E-state index contributed by atoms with van der Waals surface area (Å²) < 4.78 is 10.1. The number of methoxy groups -OCH3 is 1. The molecule has 1 aromatic carbocycles. The van der Waals surface area contributed by atoms with E-state index in [1.807, 2.05) is 0 Å². The van der Waals surface area contributed by atoms with Crippen LogP contribution in [0.5, 0.6) is 5.75 Å². The number of carbonyl (C=O) groups excluding carboxylic acids is 4. The third-order valence-electron chi connectivity index (χ3n) is 6.41. The number of likely N-dealkylation sites (tertiary alicyclic amines) is 1. The summed E-state index contributed by atoms with van der Waals surface area (Å²) in [7, 11) is 1.54. The van der Waals surface area contributed by atoms with Gasteiger partial charge in [-0.25, -0.2) is 4.79 Å². The van der Waals surface area contributed by atoms with E-state index in [-0.39, 0.29) is 35.5 Å². The van der Waals surface area contributed by atoms with Gasteiger partial charge in [0.15, 0.2) is 6.61 Å². The number of imide groups is 1. The highest BCUT2D eigenvalue weighted by Crippen LogP contribution is 2.56. The van der Waals surface area contributed by atoms with Crippen LogP contribution >= 0.6 is 0 Å². The molecule has 4 rings (SSSR count). The van der Waals surface area contributed by atoms with Crippen LogP contribution < -0.4 is 10.1 Å². The van der Waals surface area contributed by atoms with Gasteiger partial charge >= 0.3 is 5.97 Å². The lowest BCUT2D eigenvalue weighted by molar-refractivity contribution is -0.159. The van der Waals surface area contributed by atoms with Gasteiger partial charge in [0.1, 0.15) is 11.8 Å². The lowest BCUT2D eigenvalue weighted by Crippen LogP contribution is -2.45. The van der Waals surface area contributed by atoms with Gasteiger partial charge in [0.05, 0.1) is 18.9 Å². The van der Waals surface area contributed by atoms with Crippen LogP contribution in [0.1, 0.15) is 26.2 Å². The van der Waals surface area contributed by atoms with Gasteiger partial charge < -0.3 is 14.8 Å². The highest BCUT2D eigenvalue weighted by atomic mass is 16.5. The van der Waals surface area contributed by atoms with Gasteiger partial charge in [0.2, 0.25) is 11.8 Å². The van der Waals surface area contributed by atoms with E-state index in [0.29, 0.717) is 11.4 Å². The van der Waals surface area contributed by atoms with Crippen molar-refractivity contribution in [2.24, 2.45) is 23.7 Å². The summed E-state index contributed by atoms with van der Waals surface area (Å²) in [6.07, 6.45) is 2.89. The Balaban J connectivity index is 1.32. The molecule has 1 aliphatic heterocycles. The topological polar surface area (TPSA) is 102 Å². The number of rotatable bonds is 6. The molecule has 2 saturated carbocycles. The molecule has 29 heavy (non-hydrogen) atoms. The summed E-state index contributed by atoms with van der Waals surface area (Å²) in [6.45, 7) is 0.978. The normalized spacial score (nSPS) is 28.3. The summed E-state index contributed by atoms with van der Waals surface area (Å²) in [5, 5.41) is 2.61. The van der Waals surface area contributed by atoms with E-state index in [1.54, 1.807) is 31.4 Å². The Kier molecular flexibility index (Phi) is 5.02. The van der Waals surface area contributed by atoms with E-state index in [1.165, 1.54) is 6.92 Å². The molecule has 0 unspecified atom stereocenters. The number of esters is 1. The summed E-state index contributed by atoms with van der Waals surface area (Å²) in [5.41, 5.74) is 0.535. The third kappa shape index (κ3) is 3.36. The molecular formula is C21H24N2O6. The predicted octanol–water partition coefficient (Wildman–Crippen LogP) is 1.60. The molecule has 8 heteroatoms. The van der Waals surface area contributed by atoms with Gasteiger partial charge in [-0.15, -0.1) is 0 Å². The van der Waals surface area contributed by atoms with Crippen LogP contribution in [0, 0.1) is 23.7 Å². The Hall–Kier alpha value is -2.90. The fourth-order valence-corrected chi connectivity index (χ4v) is 5.05. The van der Waals surface area contributed by atoms with E-state index in [0.717, 1.165) is 24.2 Å². The van der Waals surface area contributed by atoms with E-state index in [2.05, 4.69) is 5.32 Å². The number of fused-ring (bicyclic) bond motifs is 5. The number of nitrogens with zero attached hydrogens (tertiary/aromatic N) is 1. The molecule has 0 spiro atoms. The Morgan fingerprint density at radius 3 is 2.24 bits per heavy atom. The van der Waals surface area contributed by atoms with Gasteiger partial charge in [-0.1, -0.05) is 0 Å². The monoisotopic (exact) mass is 400 g/mol. The fraction of sp³-hybridized carbons (Fsp3) is 0.524. The molecule has 2 bridgehead atoms. The van der Waals surface area contributed by atoms with Crippen molar-refractivity contribution in [2.75, 3.05) is 19.0 Å². The molecular weight excluding hydrogens is 376 g/mol. The number of carbonyl (C=O) groups is 4. The van der Waals surface area contributed by atoms with Crippen molar-refractivity contribution >= 4 is 29.4 Å². The largest absolute Gasteiger partial charge is 0.497 e. The second-order valence-electron chi connectivity index (χ2n) is 7.99. The van der Waals surface area contributed by atoms with Crippen molar-refractivity contribution in [3.63, 3.8) is 0 Å². The molecule has 154 valence electrons. The zero-order valence-corrected chi connectivity index (χ0v) is 16.4. The standard InChI is InChI=1S/C21H24N2O6/c1-11(23-19(25)17-12-3-4-13(9-12)18(17)20(23)26)21(27)29-10-16(24)22-14-5-7-15(28-2)8-6-14/h5-8,11-13,17-18H,3-4,9-10H2,1-2H3,(H,22,24)/t11-,12-,13+,17-,18+/m1/s1. The van der Waals surface area contributed by atoms with E-state index < -0.39 is 24.5 Å². The third-order valence-corrected chi connectivity index (χ3v) is 6.41. The zero-order chi connectivity index (χ0) is 20.7. The highest BCUT2D eigenvalue weighted by Gasteiger charge is 2.62. The zero-order valence-electron chi connectivity index (χ0n) is 16.4. The maximum atomic E-state index is 12.8. The van der Waals surface area contributed by atoms with Crippen molar-refractivity contribution in [1.29, 1.82) is 0 Å². The van der Waals surface area contributed by atoms with E-state index >= 15 is 0 Å². The minimum Gasteiger partial charge on any atom is -0.497 e. The molecule has 8 nitrogen and oxygen atoms in total. The van der Waals surface area contributed by atoms with E-state index in [9.17, 15) is 19.2 Å². The van der Waals surface area contributed by atoms with Crippen LogP contribution in [0.3, 0.4) is 0 Å². The first-order valence-electron chi connectivity index (χ1n) is 9.88. The van der Waals surface area contributed by atoms with Crippen LogP contribution in [-0.4, -0.2) is 48.3 Å². The van der Waals surface area contributed by atoms with Gasteiger partial charge in [-0.2, -0.15) is 0 Å². The molecule has 5 atom stereocenters. The number of ether oxygens (including phenoxy) is 2. The SMILES string of the molecule is COc1ccc(NC(=O)COC(=O)[C@@H](C)N2C(=O)[C@@H]3[C@@H]4CC[C@@H](C4)[C@@H]3C2=O)cc1. The molecule has 2 aliphatic carbocycles. The van der Waals surface area contributed by atoms with Crippen molar-refractivity contribution in [1.82, 2.24) is 4.90 Å². The number of benzene rings is 1. The average molecular weight is 400 g/mol. The Morgan fingerprint density at radius 1 is 1.10 bits per heavy atom. The summed E-state index contributed by atoms with van der Waals surface area (Å²) in [6, 6.07) is 5.68. The van der Waals surface area contributed by atoms with Gasteiger partial charge in [0.25, 0.3) is 5.91 Å². The number of hydrogen-bond donors (Lipinski definition) is 1. The van der Waals surface area contributed by atoms with Crippen molar-refractivity contribution < 1.29 is 28.7 Å².